The molecule has 0 fully saturated rings. The predicted octanol–water partition coefficient (Wildman–Crippen LogP) is -1.17. The molecule has 0 unspecified atom stereocenters. The van der Waals surface area contributed by atoms with E-state index in [1.54, 1.807) is 5.38 Å². The van der Waals surface area contributed by atoms with Crippen molar-refractivity contribution < 1.29 is 19.8 Å². The summed E-state index contributed by atoms with van der Waals surface area (Å²) in [4.78, 5) is 25.4. The normalized spacial score (nSPS) is 12.1. The third kappa shape index (κ3) is 3.83. The van der Waals surface area contributed by atoms with Crippen molar-refractivity contribution >= 4 is 28.3 Å². The molecule has 1 aromatic rings. The number of carbonyl (C=O) groups is 2. The van der Waals surface area contributed by atoms with Gasteiger partial charge < -0.3 is 21.3 Å². The third-order valence-corrected chi connectivity index (χ3v) is 2.41. The third-order valence-electron chi connectivity index (χ3n) is 1.69. The summed E-state index contributed by atoms with van der Waals surface area (Å²) in [5, 5.41) is 21.5. The van der Waals surface area contributed by atoms with Crippen LogP contribution in [0.2, 0.25) is 0 Å². The van der Waals surface area contributed by atoms with Gasteiger partial charge in [-0.2, -0.15) is 0 Å². The van der Waals surface area contributed by atoms with Crippen LogP contribution in [0.3, 0.4) is 0 Å². The van der Waals surface area contributed by atoms with E-state index in [2.05, 4.69) is 10.3 Å². The second-order valence-corrected chi connectivity index (χ2v) is 3.90. The molecule has 0 aliphatic rings. The molecule has 0 aliphatic carbocycles. The van der Waals surface area contributed by atoms with Crippen molar-refractivity contribution in [3.05, 3.63) is 11.1 Å². The Bertz CT molecular complexity index is 392. The van der Waals surface area contributed by atoms with Gasteiger partial charge in [0.15, 0.2) is 11.2 Å². The van der Waals surface area contributed by atoms with Crippen LogP contribution in [-0.2, 0) is 16.0 Å². The van der Waals surface area contributed by atoms with Crippen LogP contribution >= 0.6 is 11.3 Å². The first-order valence-corrected chi connectivity index (χ1v) is 5.24. The van der Waals surface area contributed by atoms with Crippen molar-refractivity contribution in [2.45, 2.75) is 12.5 Å². The molecule has 0 radical (unpaired) electrons. The lowest BCUT2D eigenvalue weighted by Crippen LogP contribution is -2.37. The van der Waals surface area contributed by atoms with E-state index in [0.717, 1.165) is 0 Å². The van der Waals surface area contributed by atoms with Crippen molar-refractivity contribution in [1.29, 1.82) is 0 Å². The molecule has 1 rings (SSSR count). The van der Waals surface area contributed by atoms with E-state index in [0.29, 0.717) is 10.8 Å². The lowest BCUT2D eigenvalue weighted by molar-refractivity contribution is -0.146. The Kier molecular flexibility index (Phi) is 4.20. The number of thiazole rings is 1. The van der Waals surface area contributed by atoms with Gasteiger partial charge in [-0.3, -0.25) is 4.79 Å². The van der Waals surface area contributed by atoms with Gasteiger partial charge in [0.1, 0.15) is 0 Å². The molecular formula is C8H11N3O4S. The number of hydrogen-bond acceptors (Lipinski definition) is 6. The number of rotatable bonds is 5. The number of aliphatic carboxylic acids is 1. The molecule has 0 aromatic carbocycles. The maximum Gasteiger partial charge on any atom is 0.334 e. The van der Waals surface area contributed by atoms with Crippen molar-refractivity contribution in [2.24, 2.45) is 0 Å². The van der Waals surface area contributed by atoms with Gasteiger partial charge in [-0.15, -0.1) is 11.3 Å². The summed E-state index contributed by atoms with van der Waals surface area (Å²) in [5.41, 5.74) is 5.89. The monoisotopic (exact) mass is 245 g/mol. The Morgan fingerprint density at radius 3 is 2.81 bits per heavy atom. The lowest BCUT2D eigenvalue weighted by atomic mass is 10.3. The van der Waals surface area contributed by atoms with E-state index >= 15 is 0 Å². The molecule has 8 heteroatoms. The maximum absolute atomic E-state index is 11.3. The Morgan fingerprint density at radius 2 is 2.31 bits per heavy atom. The number of aliphatic hydroxyl groups is 1. The zero-order chi connectivity index (χ0) is 12.1. The maximum atomic E-state index is 11.3. The van der Waals surface area contributed by atoms with Gasteiger partial charge in [0.05, 0.1) is 18.7 Å². The van der Waals surface area contributed by atoms with Crippen LogP contribution in [0.15, 0.2) is 5.38 Å². The molecule has 0 saturated heterocycles. The van der Waals surface area contributed by atoms with Gasteiger partial charge in [0.2, 0.25) is 5.91 Å². The topological polar surface area (TPSA) is 126 Å². The van der Waals surface area contributed by atoms with Crippen molar-refractivity contribution in [2.75, 3.05) is 12.3 Å². The van der Waals surface area contributed by atoms with Crippen LogP contribution in [-0.4, -0.2) is 39.7 Å². The van der Waals surface area contributed by atoms with Crippen molar-refractivity contribution in [3.8, 4) is 0 Å². The second-order valence-electron chi connectivity index (χ2n) is 3.01. The molecule has 0 saturated carbocycles. The van der Waals surface area contributed by atoms with Gasteiger partial charge in [-0.1, -0.05) is 0 Å². The predicted molar refractivity (Wildman–Crippen MR) is 56.9 cm³/mol. The SMILES string of the molecule is Nc1nc(CC(=O)NC[C@H](O)C(=O)O)cs1. The van der Waals surface area contributed by atoms with Crippen molar-refractivity contribution in [1.82, 2.24) is 10.3 Å². The minimum Gasteiger partial charge on any atom is -0.479 e. The zero-order valence-electron chi connectivity index (χ0n) is 8.21. The fourth-order valence-corrected chi connectivity index (χ4v) is 1.49. The molecule has 7 nitrogen and oxygen atoms in total. The number of aromatic nitrogens is 1. The van der Waals surface area contributed by atoms with Crippen LogP contribution in [0.25, 0.3) is 0 Å². The number of nitrogens with zero attached hydrogens (tertiary/aromatic N) is 1. The van der Waals surface area contributed by atoms with Crippen LogP contribution in [0.1, 0.15) is 5.69 Å². The molecule has 1 heterocycles. The first-order valence-electron chi connectivity index (χ1n) is 4.36. The van der Waals surface area contributed by atoms with Crippen LogP contribution in [0, 0.1) is 0 Å². The lowest BCUT2D eigenvalue weighted by Gasteiger charge is -2.06. The summed E-state index contributed by atoms with van der Waals surface area (Å²) in [7, 11) is 0. The summed E-state index contributed by atoms with van der Waals surface area (Å²) in [6.45, 7) is -0.326. The highest BCUT2D eigenvalue weighted by Crippen LogP contribution is 2.11. The van der Waals surface area contributed by atoms with Crippen LogP contribution in [0.4, 0.5) is 5.13 Å². The number of aliphatic hydroxyl groups excluding tert-OH is 1. The number of anilines is 1. The largest absolute Gasteiger partial charge is 0.479 e. The first kappa shape index (κ1) is 12.4. The second kappa shape index (κ2) is 5.42. The molecule has 1 amide bonds. The van der Waals surface area contributed by atoms with Gasteiger partial charge in [0.25, 0.3) is 0 Å². The van der Waals surface area contributed by atoms with Gasteiger partial charge in [0, 0.05) is 5.38 Å². The first-order chi connectivity index (χ1) is 7.49. The van der Waals surface area contributed by atoms with E-state index in [1.807, 2.05) is 0 Å². The number of carboxylic acids is 1. The summed E-state index contributed by atoms with van der Waals surface area (Å²) in [5.74, 6) is -1.79. The summed E-state index contributed by atoms with van der Waals surface area (Å²) < 4.78 is 0. The van der Waals surface area contributed by atoms with E-state index in [1.165, 1.54) is 11.3 Å². The minimum absolute atomic E-state index is 0.0139. The molecule has 1 aromatic heterocycles. The van der Waals surface area contributed by atoms with Crippen molar-refractivity contribution in [3.63, 3.8) is 0 Å². The number of hydrogen-bond donors (Lipinski definition) is 4. The fourth-order valence-electron chi connectivity index (χ4n) is 0.929. The smallest absolute Gasteiger partial charge is 0.334 e. The summed E-state index contributed by atoms with van der Waals surface area (Å²) in [6.07, 6.45) is -1.58. The number of nitrogens with two attached hydrogens (primary N) is 1. The molecule has 5 N–H and O–H groups in total. The van der Waals surface area contributed by atoms with Gasteiger partial charge in [-0.25, -0.2) is 9.78 Å². The average Bonchev–Trinajstić information content (AvgIpc) is 2.60. The molecule has 88 valence electrons. The Morgan fingerprint density at radius 1 is 1.62 bits per heavy atom. The highest BCUT2D eigenvalue weighted by Gasteiger charge is 2.14. The highest BCUT2D eigenvalue weighted by molar-refractivity contribution is 7.13. The Balaban J connectivity index is 2.34. The molecule has 0 spiro atoms. The zero-order valence-corrected chi connectivity index (χ0v) is 9.03. The Labute approximate surface area is 94.9 Å². The molecular weight excluding hydrogens is 234 g/mol. The number of nitrogen functional groups attached to an aromatic ring is 1. The number of nitrogens with one attached hydrogen (secondary N) is 1. The molecule has 0 bridgehead atoms. The van der Waals surface area contributed by atoms with E-state index in [9.17, 15) is 9.59 Å². The number of carbonyl (C=O) groups excluding carboxylic acids is 1. The standard InChI is InChI=1S/C8H11N3O4S/c9-8-11-4(3-16-8)1-6(13)10-2-5(12)7(14)15/h3,5,12H,1-2H2,(H2,9,11)(H,10,13)(H,14,15)/t5-/m0/s1. The molecule has 1 atom stereocenters. The van der Waals surface area contributed by atoms with E-state index in [4.69, 9.17) is 15.9 Å². The summed E-state index contributed by atoms with van der Waals surface area (Å²) in [6, 6.07) is 0. The average molecular weight is 245 g/mol. The number of amides is 1. The molecule has 0 aliphatic heterocycles. The van der Waals surface area contributed by atoms with Crippen LogP contribution in [0.5, 0.6) is 0 Å². The van der Waals surface area contributed by atoms with E-state index < -0.39 is 18.0 Å². The van der Waals surface area contributed by atoms with Crippen LogP contribution < -0.4 is 11.1 Å². The minimum atomic E-state index is -1.59. The van der Waals surface area contributed by atoms with Gasteiger partial charge >= 0.3 is 5.97 Å². The highest BCUT2D eigenvalue weighted by atomic mass is 32.1. The number of carboxylic acid groups (broad SMARTS) is 1. The van der Waals surface area contributed by atoms with Gasteiger partial charge in [-0.05, 0) is 0 Å². The van der Waals surface area contributed by atoms with E-state index in [-0.39, 0.29) is 13.0 Å². The Hall–Kier alpha value is -1.67. The quantitative estimate of drug-likeness (QED) is 0.518. The molecule has 16 heavy (non-hydrogen) atoms. The fraction of sp³-hybridized carbons (Fsp3) is 0.375. The summed E-state index contributed by atoms with van der Waals surface area (Å²) >= 11 is 1.22.